The lowest BCUT2D eigenvalue weighted by Crippen LogP contribution is -2.43. The summed E-state index contributed by atoms with van der Waals surface area (Å²) in [6.45, 7) is 3.71. The van der Waals surface area contributed by atoms with E-state index >= 15 is 0 Å². The molecule has 1 aromatic carbocycles. The zero-order valence-electron chi connectivity index (χ0n) is 14.1. The van der Waals surface area contributed by atoms with Gasteiger partial charge in [0.25, 0.3) is 5.91 Å². The number of aliphatic hydroxyl groups excluding tert-OH is 1. The average molecular weight is 345 g/mol. The normalized spacial score (nSPS) is 20.1. The molecule has 0 spiro atoms. The molecule has 3 rings (SSSR count). The Labute approximate surface area is 144 Å². The minimum Gasteiger partial charge on any atom is -0.391 e. The minimum absolute atomic E-state index is 0.0760. The predicted octanol–water partition coefficient (Wildman–Crippen LogP) is 1.29. The highest BCUT2D eigenvalue weighted by atomic mass is 19.1. The van der Waals surface area contributed by atoms with Crippen LogP contribution in [0.25, 0.3) is 5.69 Å². The van der Waals surface area contributed by atoms with E-state index in [1.165, 1.54) is 17.0 Å². The number of primary amides is 1. The number of aryl methyl sites for hydroxylation is 1. The summed E-state index contributed by atoms with van der Waals surface area (Å²) in [5.41, 5.74) is 8.02. The molecule has 7 heteroatoms. The second kappa shape index (κ2) is 6.33. The molecule has 132 valence electrons. The van der Waals surface area contributed by atoms with Gasteiger partial charge in [-0.3, -0.25) is 9.59 Å². The monoisotopic (exact) mass is 345 g/mol. The first-order chi connectivity index (χ1) is 11.8. The molecule has 0 saturated carbocycles. The van der Waals surface area contributed by atoms with Gasteiger partial charge in [-0.2, -0.15) is 0 Å². The number of nitrogens with zero attached hydrogens (tertiary/aromatic N) is 2. The number of halogens is 1. The molecule has 2 atom stereocenters. The number of likely N-dealkylation sites (tertiary alicyclic amines) is 1. The van der Waals surface area contributed by atoms with Crippen LogP contribution in [0, 0.1) is 19.7 Å². The van der Waals surface area contributed by atoms with Gasteiger partial charge in [0, 0.05) is 30.0 Å². The van der Waals surface area contributed by atoms with E-state index in [1.54, 1.807) is 25.1 Å². The molecular formula is C18H20FN3O3. The van der Waals surface area contributed by atoms with Gasteiger partial charge in [0.1, 0.15) is 11.9 Å². The van der Waals surface area contributed by atoms with Crippen LogP contribution in [0.4, 0.5) is 4.39 Å². The van der Waals surface area contributed by atoms with Crippen molar-refractivity contribution in [1.29, 1.82) is 0 Å². The van der Waals surface area contributed by atoms with Gasteiger partial charge >= 0.3 is 0 Å². The van der Waals surface area contributed by atoms with Gasteiger partial charge in [-0.15, -0.1) is 0 Å². The highest BCUT2D eigenvalue weighted by Gasteiger charge is 2.39. The summed E-state index contributed by atoms with van der Waals surface area (Å²) in [5.74, 6) is -1.31. The molecule has 1 aliphatic heterocycles. The first-order valence-corrected chi connectivity index (χ1v) is 8.03. The van der Waals surface area contributed by atoms with Gasteiger partial charge < -0.3 is 20.3 Å². The number of amides is 2. The van der Waals surface area contributed by atoms with Gasteiger partial charge in [0.2, 0.25) is 5.91 Å². The Kier molecular flexibility index (Phi) is 4.34. The molecule has 2 heterocycles. The second-order valence-electron chi connectivity index (χ2n) is 6.36. The van der Waals surface area contributed by atoms with Crippen LogP contribution in [0.3, 0.4) is 0 Å². The number of aromatic nitrogens is 1. The average Bonchev–Trinajstić information content (AvgIpc) is 3.08. The van der Waals surface area contributed by atoms with Crippen molar-refractivity contribution in [3.05, 3.63) is 53.1 Å². The number of carbonyl (C=O) groups excluding carboxylic acids is 2. The topological polar surface area (TPSA) is 88.6 Å². The molecule has 25 heavy (non-hydrogen) atoms. The number of hydrogen-bond acceptors (Lipinski definition) is 3. The van der Waals surface area contributed by atoms with E-state index in [0.717, 1.165) is 11.4 Å². The molecule has 1 saturated heterocycles. The van der Waals surface area contributed by atoms with E-state index in [1.807, 2.05) is 11.5 Å². The number of rotatable bonds is 3. The minimum atomic E-state index is -0.809. The van der Waals surface area contributed by atoms with Crippen LogP contribution >= 0.6 is 0 Å². The van der Waals surface area contributed by atoms with Crippen molar-refractivity contribution >= 4 is 11.8 Å². The smallest absolute Gasteiger partial charge is 0.256 e. The van der Waals surface area contributed by atoms with Crippen molar-refractivity contribution in [1.82, 2.24) is 9.47 Å². The molecule has 2 aromatic rings. The molecule has 6 nitrogen and oxygen atoms in total. The maximum Gasteiger partial charge on any atom is 0.256 e. The fourth-order valence-electron chi connectivity index (χ4n) is 3.43. The SMILES string of the molecule is Cc1cc(C(=O)N2C[C@@H](O)C[C@H]2C(N)=O)c(C)n1-c1ccc(F)cc1. The van der Waals surface area contributed by atoms with Crippen LogP contribution in [0.5, 0.6) is 0 Å². The number of β-amino-alcohol motifs (C(OH)–C–C–N with tert-alkyl or cyclic N) is 1. The summed E-state index contributed by atoms with van der Waals surface area (Å²) in [7, 11) is 0. The Morgan fingerprint density at radius 1 is 1.24 bits per heavy atom. The van der Waals surface area contributed by atoms with E-state index in [4.69, 9.17) is 5.73 Å². The largest absolute Gasteiger partial charge is 0.391 e. The molecule has 1 aromatic heterocycles. The van der Waals surface area contributed by atoms with E-state index in [9.17, 15) is 19.1 Å². The Balaban J connectivity index is 1.98. The molecule has 2 amide bonds. The van der Waals surface area contributed by atoms with Crippen molar-refractivity contribution in [3.63, 3.8) is 0 Å². The Morgan fingerprint density at radius 2 is 1.88 bits per heavy atom. The maximum absolute atomic E-state index is 13.2. The van der Waals surface area contributed by atoms with Crippen LogP contribution in [-0.2, 0) is 4.79 Å². The number of nitrogens with two attached hydrogens (primary N) is 1. The predicted molar refractivity (Wildman–Crippen MR) is 89.8 cm³/mol. The highest BCUT2D eigenvalue weighted by molar-refractivity contribution is 5.99. The first kappa shape index (κ1) is 17.2. The molecule has 0 bridgehead atoms. The quantitative estimate of drug-likeness (QED) is 0.879. The fourth-order valence-corrected chi connectivity index (χ4v) is 3.43. The highest BCUT2D eigenvalue weighted by Crippen LogP contribution is 2.26. The zero-order valence-corrected chi connectivity index (χ0v) is 14.1. The van der Waals surface area contributed by atoms with Crippen LogP contribution < -0.4 is 5.73 Å². The number of carbonyl (C=O) groups is 2. The molecule has 0 unspecified atom stereocenters. The lowest BCUT2D eigenvalue weighted by atomic mass is 10.1. The summed E-state index contributed by atoms with van der Waals surface area (Å²) in [6.07, 6.45) is -0.611. The van der Waals surface area contributed by atoms with Crippen LogP contribution in [0.2, 0.25) is 0 Å². The summed E-state index contributed by atoms with van der Waals surface area (Å²) in [6, 6.07) is 6.90. The van der Waals surface area contributed by atoms with Gasteiger partial charge in [-0.1, -0.05) is 0 Å². The standard InChI is InChI=1S/C18H20FN3O3/c1-10-7-15(11(2)22(10)13-5-3-12(19)4-6-13)18(25)21-9-14(23)8-16(21)17(20)24/h3-7,14,16,23H,8-9H2,1-2H3,(H2,20,24)/t14-,16-/m0/s1. The Bertz CT molecular complexity index is 829. The van der Waals surface area contributed by atoms with Gasteiger partial charge in [-0.25, -0.2) is 4.39 Å². The maximum atomic E-state index is 13.2. The molecule has 1 aliphatic rings. The summed E-state index contributed by atoms with van der Waals surface area (Å²) < 4.78 is 15.0. The van der Waals surface area contributed by atoms with Gasteiger partial charge in [0.15, 0.2) is 0 Å². The molecular weight excluding hydrogens is 325 g/mol. The number of aliphatic hydroxyl groups is 1. The number of hydrogen-bond donors (Lipinski definition) is 2. The lowest BCUT2D eigenvalue weighted by molar-refractivity contribution is -0.121. The first-order valence-electron chi connectivity index (χ1n) is 8.03. The van der Waals surface area contributed by atoms with E-state index in [-0.39, 0.29) is 24.7 Å². The van der Waals surface area contributed by atoms with E-state index in [2.05, 4.69) is 0 Å². The van der Waals surface area contributed by atoms with Gasteiger partial charge in [-0.05, 0) is 44.2 Å². The number of benzene rings is 1. The molecule has 0 radical (unpaired) electrons. The third-order valence-corrected chi connectivity index (χ3v) is 4.61. The molecule has 0 aliphatic carbocycles. The van der Waals surface area contributed by atoms with Crippen molar-refractivity contribution in [3.8, 4) is 5.69 Å². The van der Waals surface area contributed by atoms with Crippen molar-refractivity contribution in [2.24, 2.45) is 5.73 Å². The van der Waals surface area contributed by atoms with Crippen LogP contribution in [-0.4, -0.2) is 45.1 Å². The van der Waals surface area contributed by atoms with Crippen molar-refractivity contribution in [2.45, 2.75) is 32.4 Å². The van der Waals surface area contributed by atoms with E-state index in [0.29, 0.717) is 11.3 Å². The fraction of sp³-hybridized carbons (Fsp3) is 0.333. The Morgan fingerprint density at radius 3 is 2.48 bits per heavy atom. The zero-order chi connectivity index (χ0) is 18.3. The lowest BCUT2D eigenvalue weighted by Gasteiger charge is -2.22. The molecule has 3 N–H and O–H groups in total. The summed E-state index contributed by atoms with van der Waals surface area (Å²) in [4.78, 5) is 25.8. The third-order valence-electron chi connectivity index (χ3n) is 4.61. The molecule has 1 fully saturated rings. The van der Waals surface area contributed by atoms with Crippen molar-refractivity contribution < 1.29 is 19.1 Å². The van der Waals surface area contributed by atoms with Crippen LogP contribution in [0.1, 0.15) is 28.2 Å². The van der Waals surface area contributed by atoms with Crippen molar-refractivity contribution in [2.75, 3.05) is 6.54 Å². The van der Waals surface area contributed by atoms with Crippen LogP contribution in [0.15, 0.2) is 30.3 Å². The summed E-state index contributed by atoms with van der Waals surface area (Å²) >= 11 is 0. The second-order valence-corrected chi connectivity index (χ2v) is 6.36. The third kappa shape index (κ3) is 3.02. The van der Waals surface area contributed by atoms with E-state index < -0.39 is 18.1 Å². The van der Waals surface area contributed by atoms with Gasteiger partial charge in [0.05, 0.1) is 11.7 Å². The summed E-state index contributed by atoms with van der Waals surface area (Å²) in [5, 5.41) is 9.81. The Hall–Kier alpha value is -2.67.